The highest BCUT2D eigenvalue weighted by molar-refractivity contribution is 5.93. The average molecular weight is 362 g/mol. The number of hydrogen-bond acceptors (Lipinski definition) is 2. The Hall–Kier alpha value is -2.82. The summed E-state index contributed by atoms with van der Waals surface area (Å²) in [7, 11) is 0. The van der Waals surface area contributed by atoms with Gasteiger partial charge >= 0.3 is 6.03 Å². The summed E-state index contributed by atoms with van der Waals surface area (Å²) >= 11 is 0. The van der Waals surface area contributed by atoms with Gasteiger partial charge in [-0.05, 0) is 74.6 Å². The average Bonchev–Trinajstić information content (AvgIpc) is 3.03. The van der Waals surface area contributed by atoms with Crippen molar-refractivity contribution in [3.63, 3.8) is 0 Å². The van der Waals surface area contributed by atoms with E-state index in [1.54, 1.807) is 0 Å². The molecule has 2 aromatic heterocycles. The molecule has 3 aromatic rings. The summed E-state index contributed by atoms with van der Waals surface area (Å²) < 4.78 is 2.28. The summed E-state index contributed by atoms with van der Waals surface area (Å²) in [5, 5.41) is 4.24. The van der Waals surface area contributed by atoms with Crippen molar-refractivity contribution in [1.29, 1.82) is 0 Å². The molecule has 27 heavy (non-hydrogen) atoms. The number of carbonyl (C=O) groups excluding carboxylic acids is 1. The van der Waals surface area contributed by atoms with E-state index in [1.165, 1.54) is 22.2 Å². The number of rotatable bonds is 3. The molecule has 1 aromatic carbocycles. The molecule has 0 unspecified atom stereocenters. The SMILES string of the molecule is CCn1c(C)cc2cc(NC(=O)N3CCC(c4ccncc4)CC3)ccc21. The Balaban J connectivity index is 1.40. The molecule has 0 bridgehead atoms. The van der Waals surface area contributed by atoms with E-state index in [4.69, 9.17) is 0 Å². The summed E-state index contributed by atoms with van der Waals surface area (Å²) in [6.45, 7) is 6.79. The first-order chi connectivity index (χ1) is 13.2. The predicted molar refractivity (Wildman–Crippen MR) is 109 cm³/mol. The minimum atomic E-state index is -0.00539. The van der Waals surface area contributed by atoms with Crippen molar-refractivity contribution >= 4 is 22.6 Å². The Labute approximate surface area is 160 Å². The van der Waals surface area contributed by atoms with Gasteiger partial charge < -0.3 is 14.8 Å². The van der Waals surface area contributed by atoms with Crippen molar-refractivity contribution in [1.82, 2.24) is 14.5 Å². The lowest BCUT2D eigenvalue weighted by Crippen LogP contribution is -2.40. The minimum absolute atomic E-state index is 0.00539. The van der Waals surface area contributed by atoms with E-state index in [0.29, 0.717) is 5.92 Å². The first-order valence-corrected chi connectivity index (χ1v) is 9.71. The van der Waals surface area contributed by atoms with Crippen molar-refractivity contribution in [3.8, 4) is 0 Å². The van der Waals surface area contributed by atoms with Crippen LogP contribution in [-0.4, -0.2) is 33.6 Å². The van der Waals surface area contributed by atoms with Gasteiger partial charge in [-0.25, -0.2) is 4.79 Å². The zero-order valence-corrected chi connectivity index (χ0v) is 16.0. The highest BCUT2D eigenvalue weighted by atomic mass is 16.2. The van der Waals surface area contributed by atoms with Crippen LogP contribution in [0, 0.1) is 6.92 Å². The van der Waals surface area contributed by atoms with Gasteiger partial charge in [-0.3, -0.25) is 4.98 Å². The molecule has 0 radical (unpaired) electrons. The molecule has 1 aliphatic rings. The van der Waals surface area contributed by atoms with Gasteiger partial charge in [0.05, 0.1) is 0 Å². The number of urea groups is 1. The first-order valence-electron chi connectivity index (χ1n) is 9.71. The van der Waals surface area contributed by atoms with Gasteiger partial charge in [0.15, 0.2) is 0 Å². The second-order valence-electron chi connectivity index (χ2n) is 7.28. The Kier molecular flexibility index (Phi) is 4.84. The quantitative estimate of drug-likeness (QED) is 0.729. The van der Waals surface area contributed by atoms with Crippen LogP contribution >= 0.6 is 0 Å². The normalized spacial score (nSPS) is 15.3. The number of likely N-dealkylation sites (tertiary alicyclic amines) is 1. The Morgan fingerprint density at radius 1 is 1.15 bits per heavy atom. The summed E-state index contributed by atoms with van der Waals surface area (Å²) in [4.78, 5) is 18.7. The topological polar surface area (TPSA) is 50.2 Å². The molecule has 1 fully saturated rings. The van der Waals surface area contributed by atoms with Gasteiger partial charge in [0.25, 0.3) is 0 Å². The number of pyridine rings is 1. The lowest BCUT2D eigenvalue weighted by Gasteiger charge is -2.32. The van der Waals surface area contributed by atoms with Crippen LogP contribution in [0.3, 0.4) is 0 Å². The maximum atomic E-state index is 12.7. The van der Waals surface area contributed by atoms with Crippen molar-refractivity contribution in [2.45, 2.75) is 39.2 Å². The van der Waals surface area contributed by atoms with Crippen LogP contribution in [0.5, 0.6) is 0 Å². The number of benzene rings is 1. The number of piperidine rings is 1. The molecule has 3 heterocycles. The van der Waals surface area contributed by atoms with Crippen molar-refractivity contribution in [2.24, 2.45) is 0 Å². The fourth-order valence-electron chi connectivity index (χ4n) is 4.16. The zero-order valence-electron chi connectivity index (χ0n) is 16.0. The highest BCUT2D eigenvalue weighted by Crippen LogP contribution is 2.28. The van der Waals surface area contributed by atoms with E-state index < -0.39 is 0 Å². The fraction of sp³-hybridized carbons (Fsp3) is 0.364. The van der Waals surface area contributed by atoms with E-state index in [-0.39, 0.29) is 6.03 Å². The first kappa shape index (κ1) is 17.6. The number of aryl methyl sites for hydroxylation is 2. The van der Waals surface area contributed by atoms with E-state index >= 15 is 0 Å². The molecule has 2 amide bonds. The maximum absolute atomic E-state index is 12.7. The van der Waals surface area contributed by atoms with Crippen LogP contribution in [0.1, 0.15) is 36.9 Å². The number of amides is 2. The van der Waals surface area contributed by atoms with Crippen LogP contribution in [0.15, 0.2) is 48.8 Å². The molecule has 4 rings (SSSR count). The molecule has 0 spiro atoms. The summed E-state index contributed by atoms with van der Waals surface area (Å²) in [5.41, 5.74) is 4.64. The second kappa shape index (κ2) is 7.43. The van der Waals surface area contributed by atoms with Crippen LogP contribution in [0.4, 0.5) is 10.5 Å². The summed E-state index contributed by atoms with van der Waals surface area (Å²) in [6.07, 6.45) is 5.68. The number of fused-ring (bicyclic) bond motifs is 1. The standard InChI is InChI=1S/C22H26N4O/c1-3-26-16(2)14-19-15-20(4-5-21(19)26)24-22(27)25-12-8-18(9-13-25)17-6-10-23-11-7-17/h4-7,10-11,14-15,18H,3,8-9,12-13H2,1-2H3,(H,24,27). The molecule has 140 valence electrons. The molecule has 5 nitrogen and oxygen atoms in total. The maximum Gasteiger partial charge on any atom is 0.321 e. The number of nitrogens with zero attached hydrogens (tertiary/aromatic N) is 3. The van der Waals surface area contributed by atoms with E-state index in [0.717, 1.165) is 38.2 Å². The van der Waals surface area contributed by atoms with Gasteiger partial charge in [0, 0.05) is 54.3 Å². The molecule has 1 saturated heterocycles. The number of anilines is 1. The highest BCUT2D eigenvalue weighted by Gasteiger charge is 2.23. The Morgan fingerprint density at radius 3 is 2.59 bits per heavy atom. The molecule has 0 aliphatic carbocycles. The zero-order chi connectivity index (χ0) is 18.8. The van der Waals surface area contributed by atoms with E-state index in [1.807, 2.05) is 23.4 Å². The number of carbonyl (C=O) groups is 1. The number of nitrogens with one attached hydrogen (secondary N) is 1. The minimum Gasteiger partial charge on any atom is -0.345 e. The summed E-state index contributed by atoms with van der Waals surface area (Å²) in [6, 6.07) is 12.5. The third-order valence-electron chi connectivity index (χ3n) is 5.64. The monoisotopic (exact) mass is 362 g/mol. The fourth-order valence-corrected chi connectivity index (χ4v) is 4.16. The van der Waals surface area contributed by atoms with Crippen molar-refractivity contribution in [3.05, 3.63) is 60.0 Å². The third-order valence-corrected chi connectivity index (χ3v) is 5.64. The molecule has 0 saturated carbocycles. The van der Waals surface area contributed by atoms with Gasteiger partial charge in [0.2, 0.25) is 0 Å². The van der Waals surface area contributed by atoms with Crippen molar-refractivity contribution in [2.75, 3.05) is 18.4 Å². The predicted octanol–water partition coefficient (Wildman–Crippen LogP) is 4.78. The molecule has 1 N–H and O–H groups in total. The Morgan fingerprint density at radius 2 is 1.89 bits per heavy atom. The van der Waals surface area contributed by atoms with Gasteiger partial charge in [-0.15, -0.1) is 0 Å². The summed E-state index contributed by atoms with van der Waals surface area (Å²) in [5.74, 6) is 0.519. The number of aromatic nitrogens is 2. The van der Waals surface area contributed by atoms with Crippen LogP contribution in [-0.2, 0) is 6.54 Å². The van der Waals surface area contributed by atoms with Crippen LogP contribution in [0.25, 0.3) is 10.9 Å². The van der Waals surface area contributed by atoms with Gasteiger partial charge in [-0.2, -0.15) is 0 Å². The molecular weight excluding hydrogens is 336 g/mol. The van der Waals surface area contributed by atoms with Crippen LogP contribution < -0.4 is 5.32 Å². The second-order valence-corrected chi connectivity index (χ2v) is 7.28. The molecular formula is C22H26N4O. The number of hydrogen-bond donors (Lipinski definition) is 1. The lowest BCUT2D eigenvalue weighted by atomic mass is 9.90. The van der Waals surface area contributed by atoms with E-state index in [2.05, 4.69) is 59.0 Å². The van der Waals surface area contributed by atoms with Crippen molar-refractivity contribution < 1.29 is 4.79 Å². The smallest absolute Gasteiger partial charge is 0.321 e. The molecule has 0 atom stereocenters. The Bertz CT molecular complexity index is 940. The molecule has 5 heteroatoms. The van der Waals surface area contributed by atoms with E-state index in [9.17, 15) is 4.79 Å². The van der Waals surface area contributed by atoms with Crippen LogP contribution in [0.2, 0.25) is 0 Å². The van der Waals surface area contributed by atoms with Gasteiger partial charge in [-0.1, -0.05) is 0 Å². The lowest BCUT2D eigenvalue weighted by molar-refractivity contribution is 0.194. The largest absolute Gasteiger partial charge is 0.345 e. The molecule has 1 aliphatic heterocycles. The van der Waals surface area contributed by atoms with Gasteiger partial charge in [0.1, 0.15) is 0 Å². The third kappa shape index (κ3) is 3.54.